The molecule has 0 fully saturated rings. The third-order valence-corrected chi connectivity index (χ3v) is 4.18. The van der Waals surface area contributed by atoms with Crippen LogP contribution in [0.1, 0.15) is 45.7 Å². The summed E-state index contributed by atoms with van der Waals surface area (Å²) >= 11 is 0. The zero-order valence-electron chi connectivity index (χ0n) is 11.9. The molecule has 7 heteroatoms. The van der Waals surface area contributed by atoms with Crippen molar-refractivity contribution < 1.29 is 8.42 Å². The maximum absolute atomic E-state index is 12.2. The third kappa shape index (κ3) is 4.83. The number of H-pyrrole nitrogens is 1. The van der Waals surface area contributed by atoms with E-state index < -0.39 is 10.2 Å². The predicted octanol–water partition coefficient (Wildman–Crippen LogP) is 2.14. The van der Waals surface area contributed by atoms with Gasteiger partial charge in [-0.2, -0.15) is 17.8 Å². The Morgan fingerprint density at radius 3 is 2.37 bits per heavy atom. The van der Waals surface area contributed by atoms with E-state index >= 15 is 0 Å². The second kappa shape index (κ2) is 7.49. The molecular formula is C12H24N4O2S. The largest absolute Gasteiger partial charge is 0.302 e. The highest BCUT2D eigenvalue weighted by Crippen LogP contribution is 2.12. The van der Waals surface area contributed by atoms with Gasteiger partial charge >= 0.3 is 10.2 Å². The lowest BCUT2D eigenvalue weighted by molar-refractivity contribution is 0.413. The quantitative estimate of drug-likeness (QED) is 0.730. The fourth-order valence-corrected chi connectivity index (χ4v) is 3.20. The molecule has 1 aromatic heterocycles. The van der Waals surface area contributed by atoms with Crippen LogP contribution in [0, 0.1) is 0 Å². The van der Waals surface area contributed by atoms with Gasteiger partial charge in [0.15, 0.2) is 5.82 Å². The topological polar surface area (TPSA) is 78.1 Å². The van der Waals surface area contributed by atoms with Gasteiger partial charge in [-0.15, -0.1) is 0 Å². The van der Waals surface area contributed by atoms with Crippen LogP contribution < -0.4 is 4.72 Å². The summed E-state index contributed by atoms with van der Waals surface area (Å²) in [6, 6.07) is 1.75. The van der Waals surface area contributed by atoms with Crippen LogP contribution in [-0.4, -0.2) is 36.0 Å². The van der Waals surface area contributed by atoms with Crippen LogP contribution in [0.5, 0.6) is 0 Å². The molecule has 0 unspecified atom stereocenters. The number of nitrogens with zero attached hydrogens (tertiary/aromatic N) is 2. The molecule has 0 saturated carbocycles. The number of nitrogens with one attached hydrogen (secondary N) is 2. The van der Waals surface area contributed by atoms with Crippen LogP contribution in [0.4, 0.5) is 5.82 Å². The SMILES string of the molecule is CCCc1cc(NS(=O)(=O)N(CCC)CCC)n[nH]1. The number of anilines is 1. The van der Waals surface area contributed by atoms with E-state index in [-0.39, 0.29) is 0 Å². The Labute approximate surface area is 115 Å². The summed E-state index contributed by atoms with van der Waals surface area (Å²) in [5, 5.41) is 6.82. The molecule has 0 saturated heterocycles. The van der Waals surface area contributed by atoms with E-state index in [0.29, 0.717) is 18.9 Å². The minimum absolute atomic E-state index is 0.362. The van der Waals surface area contributed by atoms with Crippen molar-refractivity contribution in [1.82, 2.24) is 14.5 Å². The fraction of sp³-hybridized carbons (Fsp3) is 0.750. The van der Waals surface area contributed by atoms with E-state index in [1.165, 1.54) is 4.31 Å². The number of aromatic amines is 1. The lowest BCUT2D eigenvalue weighted by atomic mass is 10.2. The van der Waals surface area contributed by atoms with Gasteiger partial charge in [0.05, 0.1) is 0 Å². The van der Waals surface area contributed by atoms with Gasteiger partial charge in [0.25, 0.3) is 0 Å². The van der Waals surface area contributed by atoms with Crippen molar-refractivity contribution >= 4 is 16.0 Å². The highest BCUT2D eigenvalue weighted by molar-refractivity contribution is 7.90. The smallest absolute Gasteiger partial charge is 0.280 e. The van der Waals surface area contributed by atoms with Crippen molar-refractivity contribution in [3.63, 3.8) is 0 Å². The summed E-state index contributed by atoms with van der Waals surface area (Å²) in [4.78, 5) is 0. The second-order valence-corrected chi connectivity index (χ2v) is 6.21. The van der Waals surface area contributed by atoms with Crippen molar-refractivity contribution in [3.8, 4) is 0 Å². The first-order chi connectivity index (χ1) is 9.03. The first-order valence-corrected chi connectivity index (χ1v) is 8.29. The first kappa shape index (κ1) is 16.0. The van der Waals surface area contributed by atoms with Crippen LogP contribution in [0.2, 0.25) is 0 Å². The third-order valence-electron chi connectivity index (χ3n) is 2.67. The molecule has 1 rings (SSSR count). The summed E-state index contributed by atoms with van der Waals surface area (Å²) in [6.07, 6.45) is 3.44. The Morgan fingerprint density at radius 2 is 1.84 bits per heavy atom. The predicted molar refractivity (Wildman–Crippen MR) is 77.3 cm³/mol. The maximum atomic E-state index is 12.2. The van der Waals surface area contributed by atoms with E-state index in [9.17, 15) is 8.42 Å². The average Bonchev–Trinajstić information content (AvgIpc) is 2.76. The first-order valence-electron chi connectivity index (χ1n) is 6.85. The van der Waals surface area contributed by atoms with Crippen molar-refractivity contribution in [3.05, 3.63) is 11.8 Å². The lowest BCUT2D eigenvalue weighted by Crippen LogP contribution is -2.37. The lowest BCUT2D eigenvalue weighted by Gasteiger charge is -2.20. The van der Waals surface area contributed by atoms with E-state index in [1.54, 1.807) is 6.07 Å². The molecule has 110 valence electrons. The number of aromatic nitrogens is 2. The number of hydrogen-bond donors (Lipinski definition) is 2. The van der Waals surface area contributed by atoms with Crippen LogP contribution in [0.3, 0.4) is 0 Å². The van der Waals surface area contributed by atoms with Crippen LogP contribution in [0.25, 0.3) is 0 Å². The molecule has 2 N–H and O–H groups in total. The molecular weight excluding hydrogens is 264 g/mol. The Bertz CT molecular complexity index is 464. The molecule has 0 bridgehead atoms. The molecule has 0 atom stereocenters. The van der Waals surface area contributed by atoms with Crippen LogP contribution in [-0.2, 0) is 16.6 Å². The van der Waals surface area contributed by atoms with E-state index in [1.807, 2.05) is 13.8 Å². The monoisotopic (exact) mass is 288 g/mol. The Hall–Kier alpha value is -1.08. The van der Waals surface area contributed by atoms with Gasteiger partial charge < -0.3 is 0 Å². The summed E-state index contributed by atoms with van der Waals surface area (Å²) in [6.45, 7) is 7.04. The second-order valence-electron chi connectivity index (χ2n) is 4.53. The van der Waals surface area contributed by atoms with Gasteiger partial charge in [-0.25, -0.2) is 0 Å². The molecule has 0 spiro atoms. The Kier molecular flexibility index (Phi) is 6.30. The zero-order valence-corrected chi connectivity index (χ0v) is 12.8. The average molecular weight is 288 g/mol. The number of hydrogen-bond acceptors (Lipinski definition) is 3. The summed E-state index contributed by atoms with van der Waals surface area (Å²) < 4.78 is 28.4. The van der Waals surface area contributed by atoms with Gasteiger partial charge in [-0.3, -0.25) is 9.82 Å². The molecule has 19 heavy (non-hydrogen) atoms. The minimum atomic E-state index is -3.50. The van der Waals surface area contributed by atoms with E-state index in [4.69, 9.17) is 0 Å². The molecule has 0 aliphatic carbocycles. The van der Waals surface area contributed by atoms with Gasteiger partial charge in [-0.1, -0.05) is 27.2 Å². The zero-order chi connectivity index (χ0) is 14.3. The summed E-state index contributed by atoms with van der Waals surface area (Å²) in [5.74, 6) is 0.362. The standard InChI is InChI=1S/C12H24N4O2S/c1-4-7-11-10-12(14-13-11)15-19(17,18)16(8-5-2)9-6-3/h10H,4-9H2,1-3H3,(H2,13,14,15). The molecule has 0 amide bonds. The van der Waals surface area contributed by atoms with Crippen LogP contribution >= 0.6 is 0 Å². The van der Waals surface area contributed by atoms with Gasteiger partial charge in [0.1, 0.15) is 0 Å². The molecule has 0 radical (unpaired) electrons. The Morgan fingerprint density at radius 1 is 1.21 bits per heavy atom. The van der Waals surface area contributed by atoms with Crippen molar-refractivity contribution in [1.29, 1.82) is 0 Å². The molecule has 0 aromatic carbocycles. The van der Waals surface area contributed by atoms with Crippen molar-refractivity contribution in [2.24, 2.45) is 0 Å². The van der Waals surface area contributed by atoms with Gasteiger partial charge in [0, 0.05) is 24.8 Å². The molecule has 1 heterocycles. The minimum Gasteiger partial charge on any atom is -0.280 e. The molecule has 0 aliphatic heterocycles. The van der Waals surface area contributed by atoms with E-state index in [2.05, 4.69) is 21.8 Å². The van der Waals surface area contributed by atoms with E-state index in [0.717, 1.165) is 31.4 Å². The van der Waals surface area contributed by atoms with Gasteiger partial charge in [0.2, 0.25) is 0 Å². The molecule has 0 aliphatic rings. The highest BCUT2D eigenvalue weighted by atomic mass is 32.2. The highest BCUT2D eigenvalue weighted by Gasteiger charge is 2.21. The number of rotatable bonds is 9. The van der Waals surface area contributed by atoms with Crippen molar-refractivity contribution in [2.75, 3.05) is 17.8 Å². The van der Waals surface area contributed by atoms with Crippen molar-refractivity contribution in [2.45, 2.75) is 46.5 Å². The summed E-state index contributed by atoms with van der Waals surface area (Å²) in [7, 11) is -3.50. The number of aryl methyl sites for hydroxylation is 1. The van der Waals surface area contributed by atoms with Gasteiger partial charge in [-0.05, 0) is 19.3 Å². The summed E-state index contributed by atoms with van der Waals surface area (Å²) in [5.41, 5.74) is 0.942. The Balaban J connectivity index is 2.75. The normalized spacial score (nSPS) is 12.0. The maximum Gasteiger partial charge on any atom is 0.302 e. The fourth-order valence-electron chi connectivity index (χ4n) is 1.86. The van der Waals surface area contributed by atoms with Crippen LogP contribution in [0.15, 0.2) is 6.07 Å². The molecule has 6 nitrogen and oxygen atoms in total. The molecule has 1 aromatic rings.